The number of ether oxygens (including phenoxy) is 2. The molecular weight excluding hydrogens is 643 g/mol. The summed E-state index contributed by atoms with van der Waals surface area (Å²) >= 11 is 0. The molecule has 1 radical (unpaired) electrons. The number of aliphatic imine (C=N–C) groups is 1. The Balaban J connectivity index is 0. The van der Waals surface area contributed by atoms with Gasteiger partial charge < -0.3 is 21.9 Å². The molecule has 2 aromatic rings. The fourth-order valence-electron chi connectivity index (χ4n) is 3.84. The quantitative estimate of drug-likeness (QED) is 0.230. The van der Waals surface area contributed by atoms with Gasteiger partial charge in [0.05, 0.1) is 26.2 Å². The second-order valence-electron chi connectivity index (χ2n) is 8.67. The third kappa shape index (κ3) is 13.2. The monoisotopic (exact) mass is 684 g/mol. The van der Waals surface area contributed by atoms with Crippen LogP contribution in [0.2, 0.25) is 0 Å². The molecule has 8 heteroatoms. The number of nitrogens with zero attached hydrogens (tertiary/aromatic N) is 1. The van der Waals surface area contributed by atoms with Crippen LogP contribution in [0.1, 0.15) is 40.2 Å². The molecule has 1 fully saturated rings. The third-order valence-electron chi connectivity index (χ3n) is 6.62. The fourth-order valence-corrected chi connectivity index (χ4v) is 3.84. The molecule has 201 valence electrons. The molecule has 3 rings (SSSR count). The molecule has 0 spiro atoms. The summed E-state index contributed by atoms with van der Waals surface area (Å²) in [5, 5.41) is 0. The number of rotatable bonds is 4. The van der Waals surface area contributed by atoms with E-state index in [2.05, 4.69) is 45.7 Å². The van der Waals surface area contributed by atoms with E-state index < -0.39 is 10.1 Å². The smallest absolute Gasteiger partial charge is 0.261 e. The molecule has 0 unspecified atom stereocenters. The molecule has 0 atom stereocenters. The van der Waals surface area contributed by atoms with Crippen LogP contribution < -0.4 is 9.47 Å². The molecule has 0 aromatic heterocycles. The van der Waals surface area contributed by atoms with Crippen LogP contribution in [0.5, 0.6) is 11.5 Å². The van der Waals surface area contributed by atoms with Crippen molar-refractivity contribution in [2.45, 2.75) is 34.6 Å². The van der Waals surface area contributed by atoms with Crippen LogP contribution in [-0.2, 0) is 30.2 Å². The van der Waals surface area contributed by atoms with E-state index in [-0.39, 0.29) is 27.5 Å². The first-order chi connectivity index (χ1) is 15.4. The number of benzene rings is 2. The molecule has 0 amide bonds. The molecule has 0 saturated heterocycles. The van der Waals surface area contributed by atoms with E-state index in [0.717, 1.165) is 52.3 Å². The van der Waals surface area contributed by atoms with Crippen LogP contribution in [0, 0.1) is 43.1 Å². The van der Waals surface area contributed by atoms with Gasteiger partial charge in [0, 0.05) is 25.9 Å². The van der Waals surface area contributed by atoms with E-state index in [0.29, 0.717) is 6.26 Å². The van der Waals surface area contributed by atoms with E-state index in [1.165, 1.54) is 0 Å². The first-order valence-corrected chi connectivity index (χ1v) is 12.9. The first kappa shape index (κ1) is 35.4. The molecule has 1 aliphatic carbocycles. The maximum Gasteiger partial charge on any atom is 0.261 e. The second-order valence-corrected chi connectivity index (χ2v) is 10.1. The van der Waals surface area contributed by atoms with E-state index in [9.17, 15) is 8.42 Å². The Morgan fingerprint density at radius 2 is 1.20 bits per heavy atom. The summed E-state index contributed by atoms with van der Waals surface area (Å²) in [4.78, 5) is 4.35. The maximum atomic E-state index is 9.19. The molecule has 1 N–H and O–H groups in total. The van der Waals surface area contributed by atoms with Gasteiger partial charge in [-0.15, -0.1) is 29.8 Å². The molecule has 35 heavy (non-hydrogen) atoms. The van der Waals surface area contributed by atoms with Crippen molar-refractivity contribution in [2.75, 3.05) is 20.5 Å². The minimum atomic E-state index is -3.67. The van der Waals surface area contributed by atoms with E-state index in [4.69, 9.17) is 14.0 Å². The Hall–Kier alpha value is -1.73. The normalized spacial score (nSPS) is 22.9. The van der Waals surface area contributed by atoms with Crippen molar-refractivity contribution in [3.63, 3.8) is 0 Å². The predicted octanol–water partition coefficient (Wildman–Crippen LogP) is 6.39. The van der Waals surface area contributed by atoms with Gasteiger partial charge in [-0.3, -0.25) is 4.55 Å². The second kappa shape index (κ2) is 16.9. The summed E-state index contributed by atoms with van der Waals surface area (Å²) in [6.07, 6.45) is 2.48. The van der Waals surface area contributed by atoms with Crippen molar-refractivity contribution < 1.29 is 42.5 Å². The molecule has 2 aromatic carbocycles. The van der Waals surface area contributed by atoms with Crippen LogP contribution in [0.15, 0.2) is 47.5 Å². The molecular formula is C27H41IrNO5S-2. The predicted molar refractivity (Wildman–Crippen MR) is 142 cm³/mol. The average Bonchev–Trinajstić information content (AvgIpc) is 2.95. The van der Waals surface area contributed by atoms with Crippen molar-refractivity contribution in [3.05, 3.63) is 61.5 Å². The van der Waals surface area contributed by atoms with Crippen LogP contribution in [0.4, 0.5) is 5.69 Å². The van der Waals surface area contributed by atoms with Crippen molar-refractivity contribution in [3.8, 4) is 11.5 Å². The van der Waals surface area contributed by atoms with Crippen LogP contribution in [-0.4, -0.2) is 39.7 Å². The average molecular weight is 684 g/mol. The molecule has 0 heterocycles. The zero-order valence-corrected chi connectivity index (χ0v) is 25.5. The number of hydrogen-bond donors (Lipinski definition) is 1. The van der Waals surface area contributed by atoms with Gasteiger partial charge in [0.25, 0.3) is 10.1 Å². The first-order valence-electron chi connectivity index (χ1n) is 11.0. The number of hydrogen-bond acceptors (Lipinski definition) is 5. The Kier molecular flexibility index (Phi) is 17.1. The maximum absolute atomic E-state index is 9.19. The summed E-state index contributed by atoms with van der Waals surface area (Å²) in [7, 11) is -0.390. The fraction of sp³-hybridized carbons (Fsp3) is 0.481. The zero-order chi connectivity index (χ0) is 25.2. The summed E-state index contributed by atoms with van der Waals surface area (Å²) in [6.45, 7) is 12.0. The van der Waals surface area contributed by atoms with Crippen LogP contribution in [0.25, 0.3) is 0 Å². The zero-order valence-electron chi connectivity index (χ0n) is 22.3. The summed E-state index contributed by atoms with van der Waals surface area (Å²) in [6, 6.07) is 16.2. The molecule has 0 bridgehead atoms. The van der Waals surface area contributed by atoms with E-state index in [1.54, 1.807) is 26.5 Å². The van der Waals surface area contributed by atoms with Gasteiger partial charge in [-0.05, 0) is 60.1 Å². The Labute approximate surface area is 226 Å². The Bertz CT molecular complexity index is 860. The molecule has 1 aliphatic rings. The van der Waals surface area contributed by atoms with Gasteiger partial charge in [-0.25, -0.2) is 0 Å². The van der Waals surface area contributed by atoms with Crippen LogP contribution >= 0.6 is 0 Å². The van der Waals surface area contributed by atoms with Gasteiger partial charge in [-0.1, -0.05) is 34.6 Å². The Morgan fingerprint density at radius 3 is 1.51 bits per heavy atom. The molecule has 6 nitrogen and oxygen atoms in total. The van der Waals surface area contributed by atoms with Gasteiger partial charge in [-0.2, -0.15) is 8.42 Å². The van der Waals surface area contributed by atoms with Crippen molar-refractivity contribution in [1.82, 2.24) is 0 Å². The summed E-state index contributed by atoms with van der Waals surface area (Å²) in [5.41, 5.74) is 1.78. The summed E-state index contributed by atoms with van der Waals surface area (Å²) in [5.74, 6) is 6.29. The molecule has 0 aliphatic heterocycles. The molecule has 1 saturated carbocycles. The van der Waals surface area contributed by atoms with Gasteiger partial charge in [0.1, 0.15) is 5.75 Å². The minimum absolute atomic E-state index is 0. The largest absolute Gasteiger partial charge is 0.540 e. The van der Waals surface area contributed by atoms with Crippen molar-refractivity contribution >= 4 is 22.0 Å². The van der Waals surface area contributed by atoms with E-state index >= 15 is 0 Å². The Morgan fingerprint density at radius 1 is 0.829 bits per heavy atom. The van der Waals surface area contributed by atoms with Gasteiger partial charge in [0.15, 0.2) is 0 Å². The summed E-state index contributed by atoms with van der Waals surface area (Å²) < 4.78 is 36.0. The van der Waals surface area contributed by atoms with Gasteiger partial charge in [0.2, 0.25) is 0 Å². The standard InChI is InChI=1S/C15H14NO2.C10H20.CH4O3S.CH3.Ir/c1-17-14-7-3-12(4-8-14)11-16-13-5-9-15(18-2)10-6-13;1-6-7(2)9(4)10(5)8(6)3;1-5(2,3)4;;/h3,5-11H,1-2H3;6-10H,1-5H3;1H3,(H,2,3,4);1H3;/q-1;;;-1;. The number of methoxy groups -OCH3 is 2. The van der Waals surface area contributed by atoms with Crippen molar-refractivity contribution in [2.24, 2.45) is 34.6 Å². The minimum Gasteiger partial charge on any atom is -0.540 e. The van der Waals surface area contributed by atoms with Crippen LogP contribution in [0.3, 0.4) is 0 Å². The topological polar surface area (TPSA) is 85.2 Å². The van der Waals surface area contributed by atoms with Gasteiger partial charge >= 0.3 is 0 Å². The third-order valence-corrected chi connectivity index (χ3v) is 6.62. The SMILES string of the molecule is CC1C(C)C(C)C(C)C1C.COc1c[c-]c(C=Nc2ccc(OC)cc2)cc1.CS(=O)(=O)O.[CH3-].[Ir]. The van der Waals surface area contributed by atoms with E-state index in [1.807, 2.05) is 36.4 Å². The van der Waals surface area contributed by atoms with Crippen molar-refractivity contribution in [1.29, 1.82) is 0 Å².